The van der Waals surface area contributed by atoms with E-state index in [2.05, 4.69) is 16.6 Å². The second-order valence-electron chi connectivity index (χ2n) is 2.24. The zero-order valence-electron chi connectivity index (χ0n) is 6.83. The number of rotatable bonds is 2. The molecule has 0 bridgehead atoms. The van der Waals surface area contributed by atoms with Crippen LogP contribution in [0.25, 0.3) is 0 Å². The minimum Gasteiger partial charge on any atom is -0.379 e. The van der Waals surface area contributed by atoms with Crippen LogP contribution in [0.15, 0.2) is 0 Å². The lowest BCUT2D eigenvalue weighted by Gasteiger charge is -2.25. The van der Waals surface area contributed by atoms with Gasteiger partial charge >= 0.3 is 0 Å². The summed E-state index contributed by atoms with van der Waals surface area (Å²) in [6.45, 7) is 5.64. The van der Waals surface area contributed by atoms with Gasteiger partial charge in [0, 0.05) is 26.2 Å². The maximum absolute atomic E-state index is 5.38. The average Bonchev–Trinajstić information content (AvgIpc) is 2.11. The Kier molecular flexibility index (Phi) is 7.76. The van der Waals surface area contributed by atoms with E-state index >= 15 is 0 Å². The molecule has 1 saturated heterocycles. The summed E-state index contributed by atoms with van der Waals surface area (Å²) in [5, 5.41) is 0. The van der Waals surface area contributed by atoms with Gasteiger partial charge in [-0.15, -0.1) is 0 Å². The Morgan fingerprint density at radius 2 is 1.73 bits per heavy atom. The molecule has 0 aromatic rings. The lowest BCUT2D eigenvalue weighted by molar-refractivity contribution is 0.0394. The molecule has 0 aromatic carbocycles. The van der Waals surface area contributed by atoms with Crippen LogP contribution >= 0.6 is 0 Å². The first kappa shape index (κ1) is 10.8. The lowest BCUT2D eigenvalue weighted by Crippen LogP contribution is -2.39. The number of hydrazine groups is 1. The van der Waals surface area contributed by atoms with E-state index in [1.54, 1.807) is 0 Å². The zero-order chi connectivity index (χ0) is 8.53. The Hall–Kier alpha value is -0.200. The molecule has 1 fully saturated rings. The molecule has 0 unspecified atom stereocenters. The summed E-state index contributed by atoms with van der Waals surface area (Å²) in [4.78, 5) is 2.32. The predicted molar refractivity (Wildman–Crippen MR) is 44.7 cm³/mol. The molecule has 5 nitrogen and oxygen atoms in total. The van der Waals surface area contributed by atoms with Crippen LogP contribution in [0.4, 0.5) is 0 Å². The van der Waals surface area contributed by atoms with E-state index in [9.17, 15) is 0 Å². The monoisotopic (exact) mass is 162 g/mol. The SMILES string of the molecule is NCCN1CCOCC1.NN. The molecule has 0 aliphatic carbocycles. The molecule has 6 N–H and O–H groups in total. The second-order valence-corrected chi connectivity index (χ2v) is 2.24. The zero-order valence-corrected chi connectivity index (χ0v) is 6.83. The quantitative estimate of drug-likeness (QED) is 0.326. The summed E-state index contributed by atoms with van der Waals surface area (Å²) in [5.41, 5.74) is 5.38. The van der Waals surface area contributed by atoms with Gasteiger partial charge in [-0.1, -0.05) is 0 Å². The molecule has 1 heterocycles. The summed E-state index contributed by atoms with van der Waals surface area (Å²) in [6.07, 6.45) is 0. The number of ether oxygens (including phenoxy) is 1. The van der Waals surface area contributed by atoms with Gasteiger partial charge in [0.1, 0.15) is 0 Å². The van der Waals surface area contributed by atoms with Gasteiger partial charge in [-0.05, 0) is 0 Å². The van der Waals surface area contributed by atoms with Crippen molar-refractivity contribution in [1.82, 2.24) is 4.90 Å². The summed E-state index contributed by atoms with van der Waals surface area (Å²) < 4.78 is 5.16. The Bertz CT molecular complexity index is 72.2. The van der Waals surface area contributed by atoms with E-state index in [0.29, 0.717) is 0 Å². The van der Waals surface area contributed by atoms with Gasteiger partial charge < -0.3 is 10.5 Å². The van der Waals surface area contributed by atoms with Crippen molar-refractivity contribution in [2.75, 3.05) is 39.4 Å². The van der Waals surface area contributed by atoms with Crippen molar-refractivity contribution >= 4 is 0 Å². The summed E-state index contributed by atoms with van der Waals surface area (Å²) in [7, 11) is 0. The van der Waals surface area contributed by atoms with Crippen molar-refractivity contribution in [1.29, 1.82) is 0 Å². The molecule has 0 amide bonds. The van der Waals surface area contributed by atoms with Crippen LogP contribution in [0.5, 0.6) is 0 Å². The largest absolute Gasteiger partial charge is 0.379 e. The van der Waals surface area contributed by atoms with Gasteiger partial charge in [-0.25, -0.2) is 0 Å². The van der Waals surface area contributed by atoms with Gasteiger partial charge in [0.2, 0.25) is 0 Å². The highest BCUT2D eigenvalue weighted by molar-refractivity contribution is 4.60. The number of morpholine rings is 1. The average molecular weight is 162 g/mol. The van der Waals surface area contributed by atoms with Crippen LogP contribution in [0.3, 0.4) is 0 Å². The van der Waals surface area contributed by atoms with Crippen LogP contribution < -0.4 is 17.4 Å². The van der Waals surface area contributed by atoms with Crippen LogP contribution in [-0.2, 0) is 4.74 Å². The molecule has 0 saturated carbocycles. The number of nitrogens with two attached hydrogens (primary N) is 3. The Morgan fingerprint density at radius 1 is 1.18 bits per heavy atom. The molecule has 0 atom stereocenters. The summed E-state index contributed by atoms with van der Waals surface area (Å²) >= 11 is 0. The van der Waals surface area contributed by atoms with Gasteiger partial charge in [-0.2, -0.15) is 0 Å². The fourth-order valence-corrected chi connectivity index (χ4v) is 1.01. The van der Waals surface area contributed by atoms with Crippen molar-refractivity contribution in [2.24, 2.45) is 17.4 Å². The topological polar surface area (TPSA) is 90.5 Å². The van der Waals surface area contributed by atoms with Gasteiger partial charge in [0.25, 0.3) is 0 Å². The third-order valence-electron chi connectivity index (χ3n) is 1.55. The molecule has 0 spiro atoms. The van der Waals surface area contributed by atoms with Gasteiger partial charge in [0.15, 0.2) is 0 Å². The van der Waals surface area contributed by atoms with Crippen molar-refractivity contribution in [3.8, 4) is 0 Å². The fourth-order valence-electron chi connectivity index (χ4n) is 1.01. The molecule has 68 valence electrons. The van der Waals surface area contributed by atoms with E-state index in [4.69, 9.17) is 10.5 Å². The number of nitrogens with zero attached hydrogens (tertiary/aromatic N) is 1. The highest BCUT2D eigenvalue weighted by atomic mass is 16.5. The third kappa shape index (κ3) is 5.11. The Morgan fingerprint density at radius 3 is 2.18 bits per heavy atom. The highest BCUT2D eigenvalue weighted by Gasteiger charge is 2.07. The first-order valence-corrected chi connectivity index (χ1v) is 3.77. The maximum Gasteiger partial charge on any atom is 0.0594 e. The van der Waals surface area contributed by atoms with Crippen molar-refractivity contribution in [3.63, 3.8) is 0 Å². The first-order valence-electron chi connectivity index (χ1n) is 3.77. The lowest BCUT2D eigenvalue weighted by atomic mass is 10.4. The third-order valence-corrected chi connectivity index (χ3v) is 1.55. The van der Waals surface area contributed by atoms with E-state index in [0.717, 1.165) is 39.4 Å². The van der Waals surface area contributed by atoms with Crippen molar-refractivity contribution < 1.29 is 4.74 Å². The second kappa shape index (κ2) is 7.90. The Balaban J connectivity index is 0.000000461. The number of hydrogen-bond acceptors (Lipinski definition) is 5. The van der Waals surface area contributed by atoms with Crippen LogP contribution in [0.1, 0.15) is 0 Å². The minimum atomic E-state index is 0.764. The van der Waals surface area contributed by atoms with Gasteiger partial charge in [-0.3, -0.25) is 16.6 Å². The first-order chi connectivity index (χ1) is 5.43. The van der Waals surface area contributed by atoms with Crippen LogP contribution in [0, 0.1) is 0 Å². The molecule has 0 radical (unpaired) electrons. The Labute approximate surface area is 67.4 Å². The van der Waals surface area contributed by atoms with Gasteiger partial charge in [0.05, 0.1) is 13.2 Å². The molecular formula is C6H18N4O. The van der Waals surface area contributed by atoms with Crippen LogP contribution in [0.2, 0.25) is 0 Å². The van der Waals surface area contributed by atoms with Crippen molar-refractivity contribution in [3.05, 3.63) is 0 Å². The van der Waals surface area contributed by atoms with E-state index in [1.165, 1.54) is 0 Å². The molecular weight excluding hydrogens is 144 g/mol. The van der Waals surface area contributed by atoms with E-state index < -0.39 is 0 Å². The van der Waals surface area contributed by atoms with E-state index in [1.807, 2.05) is 0 Å². The predicted octanol–water partition coefficient (Wildman–Crippen LogP) is -1.90. The molecule has 1 aliphatic heterocycles. The van der Waals surface area contributed by atoms with Crippen LogP contribution in [-0.4, -0.2) is 44.3 Å². The minimum absolute atomic E-state index is 0.764. The fraction of sp³-hybridized carbons (Fsp3) is 1.00. The summed E-state index contributed by atoms with van der Waals surface area (Å²) in [5.74, 6) is 8.00. The molecule has 1 aliphatic rings. The summed E-state index contributed by atoms with van der Waals surface area (Å²) in [6, 6.07) is 0. The van der Waals surface area contributed by atoms with Crippen molar-refractivity contribution in [2.45, 2.75) is 0 Å². The maximum atomic E-state index is 5.38. The number of hydrogen-bond donors (Lipinski definition) is 3. The highest BCUT2D eigenvalue weighted by Crippen LogP contribution is 1.93. The smallest absolute Gasteiger partial charge is 0.0594 e. The molecule has 11 heavy (non-hydrogen) atoms. The normalized spacial score (nSPS) is 18.8. The standard InChI is InChI=1S/C6H14N2O.H4N2/c7-1-2-8-3-5-9-6-4-8;1-2/h1-7H2;1-2H2. The van der Waals surface area contributed by atoms with E-state index in [-0.39, 0.29) is 0 Å². The molecule has 5 heteroatoms. The molecule has 1 rings (SSSR count). The molecule has 0 aromatic heterocycles.